The highest BCUT2D eigenvalue weighted by Gasteiger charge is 2.28. The van der Waals surface area contributed by atoms with Gasteiger partial charge in [0, 0.05) is 12.6 Å². The van der Waals surface area contributed by atoms with Gasteiger partial charge in [-0.3, -0.25) is 9.69 Å². The normalized spacial score (nSPS) is 18.5. The summed E-state index contributed by atoms with van der Waals surface area (Å²) in [5.74, 6) is 1.55. The van der Waals surface area contributed by atoms with E-state index in [1.165, 1.54) is 5.56 Å². The van der Waals surface area contributed by atoms with Gasteiger partial charge in [-0.2, -0.15) is 0 Å². The highest BCUT2D eigenvalue weighted by atomic mass is 16.5. The minimum absolute atomic E-state index is 0.0878. The second-order valence-corrected chi connectivity index (χ2v) is 5.20. The van der Waals surface area contributed by atoms with E-state index >= 15 is 0 Å². The van der Waals surface area contributed by atoms with E-state index in [0.717, 1.165) is 30.9 Å². The predicted molar refractivity (Wildman–Crippen MR) is 81.8 cm³/mol. The third kappa shape index (κ3) is 3.67. The topological polar surface area (TPSA) is 50.8 Å². The van der Waals surface area contributed by atoms with E-state index in [0.29, 0.717) is 13.1 Å². The second kappa shape index (κ2) is 7.31. The fraction of sp³-hybridized carbons (Fsp3) is 0.562. The van der Waals surface area contributed by atoms with Gasteiger partial charge in [0.25, 0.3) is 0 Å². The van der Waals surface area contributed by atoms with Crippen LogP contribution >= 0.6 is 0 Å². The first-order chi connectivity index (χ1) is 10.2. The number of hydrogen-bond donors (Lipinski definition) is 1. The molecule has 1 atom stereocenters. The third-order valence-electron chi connectivity index (χ3n) is 3.88. The standard InChI is InChI=1S/C16H24N2O3/c1-4-17-16(19)11-18-9-5-6-13(18)12-7-8-14(20-2)15(10-12)21-3/h7-8,10,13H,4-6,9,11H2,1-3H3,(H,17,19). The smallest absolute Gasteiger partial charge is 0.234 e. The molecule has 1 saturated heterocycles. The highest BCUT2D eigenvalue weighted by Crippen LogP contribution is 2.36. The maximum Gasteiger partial charge on any atom is 0.234 e. The molecule has 0 radical (unpaired) electrons. The van der Waals surface area contributed by atoms with Crippen molar-refractivity contribution >= 4 is 5.91 Å². The quantitative estimate of drug-likeness (QED) is 0.871. The number of likely N-dealkylation sites (tertiary alicyclic amines) is 1. The molecule has 0 spiro atoms. The number of likely N-dealkylation sites (N-methyl/N-ethyl adjacent to an activating group) is 1. The van der Waals surface area contributed by atoms with Crippen molar-refractivity contribution in [1.82, 2.24) is 10.2 Å². The molecule has 0 aliphatic carbocycles. The summed E-state index contributed by atoms with van der Waals surface area (Å²) in [6.45, 7) is 4.02. The van der Waals surface area contributed by atoms with Gasteiger partial charge in [-0.1, -0.05) is 6.07 Å². The highest BCUT2D eigenvalue weighted by molar-refractivity contribution is 5.78. The SMILES string of the molecule is CCNC(=O)CN1CCCC1c1ccc(OC)c(OC)c1. The van der Waals surface area contributed by atoms with E-state index < -0.39 is 0 Å². The van der Waals surface area contributed by atoms with Crippen molar-refractivity contribution in [3.05, 3.63) is 23.8 Å². The molecule has 0 saturated carbocycles. The number of ether oxygens (including phenoxy) is 2. The van der Waals surface area contributed by atoms with Crippen LogP contribution in [0.25, 0.3) is 0 Å². The summed E-state index contributed by atoms with van der Waals surface area (Å²) in [6, 6.07) is 6.27. The Morgan fingerprint density at radius 2 is 2.10 bits per heavy atom. The van der Waals surface area contributed by atoms with Crippen LogP contribution in [-0.2, 0) is 4.79 Å². The maximum atomic E-state index is 11.8. The van der Waals surface area contributed by atoms with E-state index in [9.17, 15) is 4.79 Å². The van der Waals surface area contributed by atoms with Crippen molar-refractivity contribution in [3.63, 3.8) is 0 Å². The monoisotopic (exact) mass is 292 g/mol. The second-order valence-electron chi connectivity index (χ2n) is 5.20. The average Bonchev–Trinajstić information content (AvgIpc) is 2.94. The van der Waals surface area contributed by atoms with Gasteiger partial charge in [0.1, 0.15) is 0 Å². The van der Waals surface area contributed by atoms with Gasteiger partial charge >= 0.3 is 0 Å². The van der Waals surface area contributed by atoms with Crippen molar-refractivity contribution in [1.29, 1.82) is 0 Å². The lowest BCUT2D eigenvalue weighted by molar-refractivity contribution is -0.122. The van der Waals surface area contributed by atoms with Crippen LogP contribution in [0.3, 0.4) is 0 Å². The summed E-state index contributed by atoms with van der Waals surface area (Å²) in [4.78, 5) is 14.0. The Balaban J connectivity index is 2.14. The Bertz CT molecular complexity index is 490. The molecule has 21 heavy (non-hydrogen) atoms. The Morgan fingerprint density at radius 3 is 2.76 bits per heavy atom. The van der Waals surface area contributed by atoms with Gasteiger partial charge in [0.2, 0.25) is 5.91 Å². The van der Waals surface area contributed by atoms with Crippen LogP contribution < -0.4 is 14.8 Å². The Hall–Kier alpha value is -1.75. The van der Waals surface area contributed by atoms with Crippen LogP contribution in [-0.4, -0.2) is 44.7 Å². The molecule has 1 unspecified atom stereocenters. The molecule has 116 valence electrons. The Morgan fingerprint density at radius 1 is 1.33 bits per heavy atom. The molecule has 5 nitrogen and oxygen atoms in total. The Kier molecular flexibility index (Phi) is 5.44. The molecule has 2 rings (SSSR count). The molecule has 1 N–H and O–H groups in total. The average molecular weight is 292 g/mol. The van der Waals surface area contributed by atoms with E-state index in [1.807, 2.05) is 19.1 Å². The molecular formula is C16H24N2O3. The van der Waals surface area contributed by atoms with Gasteiger partial charge in [0.05, 0.1) is 20.8 Å². The number of nitrogens with one attached hydrogen (secondary N) is 1. The zero-order valence-electron chi connectivity index (χ0n) is 13.0. The first kappa shape index (κ1) is 15.6. The first-order valence-electron chi connectivity index (χ1n) is 7.42. The zero-order chi connectivity index (χ0) is 15.2. The summed E-state index contributed by atoms with van der Waals surface area (Å²) >= 11 is 0. The van der Waals surface area contributed by atoms with Crippen LogP contribution in [0.5, 0.6) is 11.5 Å². The molecule has 1 amide bonds. The molecule has 5 heteroatoms. The predicted octanol–water partition coefficient (Wildman–Crippen LogP) is 1.98. The minimum Gasteiger partial charge on any atom is -0.493 e. The summed E-state index contributed by atoms with van der Waals surface area (Å²) < 4.78 is 10.6. The summed E-state index contributed by atoms with van der Waals surface area (Å²) in [5.41, 5.74) is 1.18. The van der Waals surface area contributed by atoms with Crippen molar-refractivity contribution in [3.8, 4) is 11.5 Å². The fourth-order valence-corrected chi connectivity index (χ4v) is 2.89. The number of carbonyl (C=O) groups excluding carboxylic acids is 1. The summed E-state index contributed by atoms with van der Waals surface area (Å²) in [7, 11) is 3.28. The third-order valence-corrected chi connectivity index (χ3v) is 3.88. The van der Waals surface area contributed by atoms with Gasteiger partial charge in [-0.25, -0.2) is 0 Å². The molecule has 1 aromatic carbocycles. The van der Waals surface area contributed by atoms with E-state index in [4.69, 9.17) is 9.47 Å². The zero-order valence-corrected chi connectivity index (χ0v) is 13.0. The first-order valence-corrected chi connectivity index (χ1v) is 7.42. The van der Waals surface area contributed by atoms with Gasteiger partial charge < -0.3 is 14.8 Å². The largest absolute Gasteiger partial charge is 0.493 e. The molecule has 0 aromatic heterocycles. The van der Waals surface area contributed by atoms with Crippen LogP contribution in [0.1, 0.15) is 31.4 Å². The van der Waals surface area contributed by atoms with Gasteiger partial charge in [-0.15, -0.1) is 0 Å². The number of rotatable bonds is 6. The number of hydrogen-bond acceptors (Lipinski definition) is 4. The van der Waals surface area contributed by atoms with Gasteiger partial charge in [-0.05, 0) is 44.0 Å². The van der Waals surface area contributed by atoms with Crippen LogP contribution in [0.15, 0.2) is 18.2 Å². The lowest BCUT2D eigenvalue weighted by atomic mass is 10.0. The van der Waals surface area contributed by atoms with Crippen molar-refractivity contribution < 1.29 is 14.3 Å². The molecular weight excluding hydrogens is 268 g/mol. The molecule has 1 aliphatic heterocycles. The van der Waals surface area contributed by atoms with E-state index in [2.05, 4.69) is 16.3 Å². The van der Waals surface area contributed by atoms with Crippen molar-refractivity contribution in [2.45, 2.75) is 25.8 Å². The van der Waals surface area contributed by atoms with Crippen LogP contribution in [0.4, 0.5) is 0 Å². The fourth-order valence-electron chi connectivity index (χ4n) is 2.89. The number of benzene rings is 1. The lowest BCUT2D eigenvalue weighted by Crippen LogP contribution is -2.36. The minimum atomic E-state index is 0.0878. The number of nitrogens with zero attached hydrogens (tertiary/aromatic N) is 1. The summed E-state index contributed by atoms with van der Waals surface area (Å²) in [6.07, 6.45) is 2.17. The summed E-state index contributed by atoms with van der Waals surface area (Å²) in [5, 5.41) is 2.86. The van der Waals surface area contributed by atoms with Crippen molar-refractivity contribution in [2.24, 2.45) is 0 Å². The number of methoxy groups -OCH3 is 2. The van der Waals surface area contributed by atoms with E-state index in [-0.39, 0.29) is 11.9 Å². The molecule has 0 bridgehead atoms. The van der Waals surface area contributed by atoms with Crippen molar-refractivity contribution in [2.75, 3.05) is 33.9 Å². The molecule has 1 aromatic rings. The molecule has 1 aliphatic rings. The Labute approximate surface area is 126 Å². The van der Waals surface area contributed by atoms with E-state index in [1.54, 1.807) is 14.2 Å². The molecule has 1 fully saturated rings. The number of amides is 1. The molecule has 1 heterocycles. The van der Waals surface area contributed by atoms with Crippen LogP contribution in [0, 0.1) is 0 Å². The van der Waals surface area contributed by atoms with Gasteiger partial charge in [0.15, 0.2) is 11.5 Å². The van der Waals surface area contributed by atoms with Crippen LogP contribution in [0.2, 0.25) is 0 Å². The maximum absolute atomic E-state index is 11.8. The lowest BCUT2D eigenvalue weighted by Gasteiger charge is -2.24. The number of carbonyl (C=O) groups is 1.